The summed E-state index contributed by atoms with van der Waals surface area (Å²) in [7, 11) is 0. The van der Waals surface area contributed by atoms with Crippen LogP contribution < -0.4 is 10.1 Å². The van der Waals surface area contributed by atoms with E-state index < -0.39 is 4.92 Å². The largest absolute Gasteiger partial charge is 0.473 e. The van der Waals surface area contributed by atoms with E-state index >= 15 is 0 Å². The van der Waals surface area contributed by atoms with Crippen LogP contribution in [0.2, 0.25) is 0 Å². The fourth-order valence-corrected chi connectivity index (χ4v) is 1.88. The van der Waals surface area contributed by atoms with E-state index in [2.05, 4.69) is 22.2 Å². The van der Waals surface area contributed by atoms with Crippen LogP contribution in [-0.4, -0.2) is 28.0 Å². The molecule has 2 rings (SSSR count). The van der Waals surface area contributed by atoms with E-state index in [1.165, 1.54) is 0 Å². The molecule has 0 radical (unpaired) electrons. The van der Waals surface area contributed by atoms with Gasteiger partial charge in [-0.1, -0.05) is 13.3 Å². The third-order valence-electron chi connectivity index (χ3n) is 3.10. The number of anilines is 1. The molecule has 1 fully saturated rings. The van der Waals surface area contributed by atoms with Gasteiger partial charge in [-0.05, 0) is 26.2 Å². The van der Waals surface area contributed by atoms with Crippen molar-refractivity contribution in [1.82, 2.24) is 9.97 Å². The summed E-state index contributed by atoms with van der Waals surface area (Å²) in [5.41, 5.74) is -0.160. The van der Waals surface area contributed by atoms with Gasteiger partial charge in [0.15, 0.2) is 0 Å². The van der Waals surface area contributed by atoms with Crippen LogP contribution in [0.3, 0.4) is 0 Å². The van der Waals surface area contributed by atoms with Crippen LogP contribution in [0, 0.1) is 10.1 Å². The topological polar surface area (TPSA) is 90.2 Å². The zero-order valence-corrected chi connectivity index (χ0v) is 11.9. The van der Waals surface area contributed by atoms with E-state index in [0.29, 0.717) is 24.9 Å². The molecule has 1 N–H and O–H groups in total. The smallest absolute Gasteiger partial charge is 0.372 e. The summed E-state index contributed by atoms with van der Waals surface area (Å²) in [5, 5.41) is 14.3. The van der Waals surface area contributed by atoms with Crippen LogP contribution in [0.1, 0.15) is 51.3 Å². The number of aromatic nitrogens is 2. The van der Waals surface area contributed by atoms with Crippen LogP contribution in [0.25, 0.3) is 0 Å². The lowest BCUT2D eigenvalue weighted by molar-refractivity contribution is -0.385. The van der Waals surface area contributed by atoms with Gasteiger partial charge in [-0.3, -0.25) is 10.1 Å². The summed E-state index contributed by atoms with van der Waals surface area (Å²) in [6.45, 7) is 4.85. The Balaban J connectivity index is 2.34. The molecule has 1 heterocycles. The summed E-state index contributed by atoms with van der Waals surface area (Å²) in [6, 6.07) is 0. The molecule has 0 atom stereocenters. The molecule has 0 amide bonds. The van der Waals surface area contributed by atoms with Gasteiger partial charge in [0.1, 0.15) is 5.82 Å². The van der Waals surface area contributed by atoms with Crippen molar-refractivity contribution >= 4 is 11.5 Å². The molecule has 0 unspecified atom stereocenters. The van der Waals surface area contributed by atoms with Crippen molar-refractivity contribution in [3.63, 3.8) is 0 Å². The van der Waals surface area contributed by atoms with Crippen molar-refractivity contribution in [1.29, 1.82) is 0 Å². The Labute approximate surface area is 117 Å². The molecule has 1 aromatic heterocycles. The van der Waals surface area contributed by atoms with Crippen molar-refractivity contribution in [2.45, 2.75) is 45.4 Å². The quantitative estimate of drug-likeness (QED) is 0.447. The average Bonchev–Trinajstić information content (AvgIpc) is 3.23. The summed E-state index contributed by atoms with van der Waals surface area (Å²) in [4.78, 5) is 19.3. The lowest BCUT2D eigenvalue weighted by Gasteiger charge is -2.10. The van der Waals surface area contributed by atoms with Gasteiger partial charge in [-0.15, -0.1) is 0 Å². The first-order chi connectivity index (χ1) is 9.67. The van der Waals surface area contributed by atoms with E-state index in [-0.39, 0.29) is 17.4 Å². The number of hydrogen-bond donors (Lipinski definition) is 1. The highest BCUT2D eigenvalue weighted by Crippen LogP contribution is 2.41. The standard InChI is InChI=1S/C13H20N4O3/c1-3-5-8-14-12-10(17(18)19)13(20-4-2)16-11(15-12)9-6-7-9/h9H,3-8H2,1-2H3,(H,14,15,16). The second-order valence-electron chi connectivity index (χ2n) is 4.83. The van der Waals surface area contributed by atoms with Crippen molar-refractivity contribution < 1.29 is 9.66 Å². The van der Waals surface area contributed by atoms with Crippen molar-refractivity contribution in [3.8, 4) is 5.88 Å². The minimum absolute atomic E-state index is 0.0772. The molecule has 1 aliphatic rings. The number of rotatable bonds is 8. The molecule has 110 valence electrons. The number of hydrogen-bond acceptors (Lipinski definition) is 6. The Hall–Kier alpha value is -1.92. The molecule has 0 saturated heterocycles. The predicted molar refractivity (Wildman–Crippen MR) is 75.2 cm³/mol. The number of nitrogens with one attached hydrogen (secondary N) is 1. The maximum absolute atomic E-state index is 11.3. The van der Waals surface area contributed by atoms with Gasteiger partial charge in [0, 0.05) is 12.5 Å². The van der Waals surface area contributed by atoms with Gasteiger partial charge in [0.25, 0.3) is 5.88 Å². The molecule has 0 aliphatic heterocycles. The van der Waals surface area contributed by atoms with Crippen molar-refractivity contribution in [2.24, 2.45) is 0 Å². The van der Waals surface area contributed by atoms with E-state index in [1.54, 1.807) is 6.92 Å². The number of unbranched alkanes of at least 4 members (excludes halogenated alkanes) is 1. The molecule has 0 aromatic carbocycles. The molecule has 1 aliphatic carbocycles. The fourth-order valence-electron chi connectivity index (χ4n) is 1.88. The lowest BCUT2D eigenvalue weighted by Crippen LogP contribution is -2.11. The molecular weight excluding hydrogens is 260 g/mol. The van der Waals surface area contributed by atoms with Crippen LogP contribution in [0.5, 0.6) is 5.88 Å². The van der Waals surface area contributed by atoms with E-state index in [9.17, 15) is 10.1 Å². The fraction of sp³-hybridized carbons (Fsp3) is 0.692. The molecule has 20 heavy (non-hydrogen) atoms. The van der Waals surface area contributed by atoms with Gasteiger partial charge < -0.3 is 10.1 Å². The van der Waals surface area contributed by atoms with Crippen LogP contribution in [0.15, 0.2) is 0 Å². The van der Waals surface area contributed by atoms with Gasteiger partial charge in [0.2, 0.25) is 5.82 Å². The maximum Gasteiger partial charge on any atom is 0.372 e. The van der Waals surface area contributed by atoms with Crippen molar-refractivity contribution in [2.75, 3.05) is 18.5 Å². The average molecular weight is 280 g/mol. The first kappa shape index (κ1) is 14.5. The number of ether oxygens (including phenoxy) is 1. The maximum atomic E-state index is 11.3. The Morgan fingerprint density at radius 3 is 2.70 bits per heavy atom. The van der Waals surface area contributed by atoms with Gasteiger partial charge in [-0.2, -0.15) is 4.98 Å². The molecule has 1 aromatic rings. The summed E-state index contributed by atoms with van der Waals surface area (Å²) in [6.07, 6.45) is 4.03. The first-order valence-corrected chi connectivity index (χ1v) is 7.10. The first-order valence-electron chi connectivity index (χ1n) is 7.10. The lowest BCUT2D eigenvalue weighted by atomic mass is 10.3. The molecule has 1 saturated carbocycles. The number of nitro groups is 1. The Morgan fingerprint density at radius 1 is 1.40 bits per heavy atom. The van der Waals surface area contributed by atoms with E-state index in [4.69, 9.17) is 4.74 Å². The summed E-state index contributed by atoms with van der Waals surface area (Å²) >= 11 is 0. The third-order valence-corrected chi connectivity index (χ3v) is 3.10. The monoisotopic (exact) mass is 280 g/mol. The van der Waals surface area contributed by atoms with Crippen molar-refractivity contribution in [3.05, 3.63) is 15.9 Å². The molecule has 0 spiro atoms. The summed E-state index contributed by atoms with van der Waals surface area (Å²) < 4.78 is 5.33. The highest BCUT2D eigenvalue weighted by molar-refractivity contribution is 5.62. The Bertz CT molecular complexity index is 489. The third kappa shape index (κ3) is 3.34. The minimum atomic E-state index is -0.476. The molecule has 7 nitrogen and oxygen atoms in total. The Morgan fingerprint density at radius 2 is 2.15 bits per heavy atom. The normalized spacial score (nSPS) is 14.1. The van der Waals surface area contributed by atoms with Crippen LogP contribution in [0.4, 0.5) is 11.5 Å². The van der Waals surface area contributed by atoms with Gasteiger partial charge in [-0.25, -0.2) is 4.98 Å². The Kier molecular flexibility index (Phi) is 4.70. The molecule has 0 bridgehead atoms. The second-order valence-corrected chi connectivity index (χ2v) is 4.83. The van der Waals surface area contributed by atoms with Gasteiger partial charge in [0.05, 0.1) is 11.5 Å². The second kappa shape index (κ2) is 6.49. The van der Waals surface area contributed by atoms with Crippen LogP contribution >= 0.6 is 0 Å². The zero-order chi connectivity index (χ0) is 14.5. The van der Waals surface area contributed by atoms with E-state index in [0.717, 1.165) is 25.7 Å². The number of nitrogens with zero attached hydrogens (tertiary/aromatic N) is 3. The highest BCUT2D eigenvalue weighted by atomic mass is 16.6. The SMILES string of the molecule is CCCCNc1nc(C2CC2)nc(OCC)c1[N+](=O)[O-]. The minimum Gasteiger partial charge on any atom is -0.473 e. The van der Waals surface area contributed by atoms with Gasteiger partial charge >= 0.3 is 5.69 Å². The zero-order valence-electron chi connectivity index (χ0n) is 11.9. The predicted octanol–water partition coefficient (Wildman–Crippen LogP) is 2.87. The highest BCUT2D eigenvalue weighted by Gasteiger charge is 2.32. The van der Waals surface area contributed by atoms with E-state index in [1.807, 2.05) is 0 Å². The molecular formula is C13H20N4O3. The summed E-state index contributed by atoms with van der Waals surface area (Å²) in [5.74, 6) is 1.33. The van der Waals surface area contributed by atoms with Crippen LogP contribution in [-0.2, 0) is 0 Å². The molecule has 7 heteroatoms.